The first-order valence-electron chi connectivity index (χ1n) is 9.08. The minimum absolute atomic E-state index is 0.0483. The summed E-state index contributed by atoms with van der Waals surface area (Å²) in [5.74, 6) is -0.450. The molecule has 1 aromatic heterocycles. The van der Waals surface area contributed by atoms with Crippen molar-refractivity contribution in [1.29, 1.82) is 0 Å². The number of rotatable bonds is 3. The van der Waals surface area contributed by atoms with Crippen LogP contribution in [0.1, 0.15) is 51.5 Å². The van der Waals surface area contributed by atoms with Gasteiger partial charge < -0.3 is 19.3 Å². The molecular weight excluding hydrogens is 461 g/mol. The zero-order valence-electron chi connectivity index (χ0n) is 16.8. The fourth-order valence-electron chi connectivity index (χ4n) is 3.13. The van der Waals surface area contributed by atoms with E-state index in [-0.39, 0.29) is 23.9 Å². The summed E-state index contributed by atoms with van der Waals surface area (Å²) < 4.78 is 11.1. The van der Waals surface area contributed by atoms with Gasteiger partial charge in [0.1, 0.15) is 15.0 Å². The highest BCUT2D eigenvalue weighted by molar-refractivity contribution is 14.1. The van der Waals surface area contributed by atoms with Crippen LogP contribution in [0.25, 0.3) is 0 Å². The molecule has 1 saturated heterocycles. The van der Waals surface area contributed by atoms with Gasteiger partial charge in [-0.2, -0.15) is 0 Å². The minimum Gasteiger partial charge on any atom is -0.464 e. The van der Waals surface area contributed by atoms with Crippen LogP contribution in [-0.4, -0.2) is 59.8 Å². The van der Waals surface area contributed by atoms with Gasteiger partial charge in [0.15, 0.2) is 0 Å². The molecule has 0 bridgehead atoms. The number of aromatic nitrogens is 1. The van der Waals surface area contributed by atoms with Gasteiger partial charge in [0, 0.05) is 19.1 Å². The Kier molecular flexibility index (Phi) is 6.93. The lowest BCUT2D eigenvalue weighted by Gasteiger charge is -2.46. The maximum Gasteiger partial charge on any atom is 0.410 e. The van der Waals surface area contributed by atoms with Crippen LogP contribution in [0.5, 0.6) is 0 Å². The van der Waals surface area contributed by atoms with E-state index in [0.717, 1.165) is 15.8 Å². The Bertz CT molecular complexity index is 705. The van der Waals surface area contributed by atoms with Crippen molar-refractivity contribution in [2.24, 2.45) is 0 Å². The number of carbonyl (C=O) groups excluding carboxylic acids is 2. The lowest BCUT2D eigenvalue weighted by Crippen LogP contribution is -2.59. The second-order valence-corrected chi connectivity index (χ2v) is 8.72. The normalized spacial score (nSPS) is 20.4. The quantitative estimate of drug-likeness (QED) is 0.367. The second-order valence-electron chi connectivity index (χ2n) is 7.69. The fraction of sp³-hybridized carbons (Fsp3) is 0.632. The number of methoxy groups -OCH3 is 1. The molecule has 2 atom stereocenters. The largest absolute Gasteiger partial charge is 0.464 e. The predicted molar refractivity (Wildman–Crippen MR) is 112 cm³/mol. The lowest BCUT2D eigenvalue weighted by molar-refractivity contribution is 0.0106. The third-order valence-electron chi connectivity index (χ3n) is 4.47. The molecular formula is C19H28IN3O4. The van der Waals surface area contributed by atoms with Crippen molar-refractivity contribution >= 4 is 40.3 Å². The van der Waals surface area contributed by atoms with Crippen LogP contribution in [0.15, 0.2) is 12.1 Å². The monoisotopic (exact) mass is 489 g/mol. The van der Waals surface area contributed by atoms with Crippen molar-refractivity contribution in [2.45, 2.75) is 58.7 Å². The Morgan fingerprint density at radius 1 is 1.30 bits per heavy atom. The van der Waals surface area contributed by atoms with E-state index in [1.165, 1.54) is 7.11 Å². The van der Waals surface area contributed by atoms with Crippen molar-refractivity contribution in [2.75, 3.05) is 25.1 Å². The van der Waals surface area contributed by atoms with Gasteiger partial charge in [-0.3, -0.25) is 0 Å². The highest BCUT2D eigenvalue weighted by atomic mass is 127. The molecule has 1 aliphatic heterocycles. The number of carbonyl (C=O) groups is 2. The number of esters is 1. The second kappa shape index (κ2) is 8.62. The summed E-state index contributed by atoms with van der Waals surface area (Å²) >= 11 is 2.14. The first kappa shape index (κ1) is 21.7. The van der Waals surface area contributed by atoms with Gasteiger partial charge in [0.2, 0.25) is 0 Å². The van der Waals surface area contributed by atoms with E-state index >= 15 is 0 Å². The van der Waals surface area contributed by atoms with Crippen LogP contribution >= 0.6 is 22.6 Å². The fourth-order valence-corrected chi connectivity index (χ4v) is 3.88. The van der Waals surface area contributed by atoms with Gasteiger partial charge in [0.05, 0.1) is 18.8 Å². The molecule has 0 unspecified atom stereocenters. The van der Waals surface area contributed by atoms with Gasteiger partial charge in [-0.15, -0.1) is 0 Å². The maximum atomic E-state index is 12.6. The van der Waals surface area contributed by atoms with Gasteiger partial charge in [-0.25, -0.2) is 14.6 Å². The standard InChI is InChI=1S/C19H28IN3O4/c1-7-13-11-22(12(2)10-23(13)18(25)27-19(3,4)5)15-9-8-14(17(24)26-6)21-16(15)20/h8-9,12-13H,7,10-11H2,1-6H3/t12-,13-/m1/s1. The van der Waals surface area contributed by atoms with Crippen molar-refractivity contribution in [1.82, 2.24) is 9.88 Å². The number of halogens is 1. The van der Waals surface area contributed by atoms with Crippen LogP contribution in [-0.2, 0) is 9.47 Å². The molecule has 8 heteroatoms. The van der Waals surface area contributed by atoms with Crippen LogP contribution in [0.3, 0.4) is 0 Å². The zero-order chi connectivity index (χ0) is 20.4. The zero-order valence-corrected chi connectivity index (χ0v) is 18.9. The molecule has 0 radical (unpaired) electrons. The molecule has 1 amide bonds. The van der Waals surface area contributed by atoms with E-state index in [0.29, 0.717) is 13.1 Å². The summed E-state index contributed by atoms with van der Waals surface area (Å²) in [7, 11) is 1.34. The number of amides is 1. The predicted octanol–water partition coefficient (Wildman–Crippen LogP) is 3.70. The molecule has 7 nitrogen and oxygen atoms in total. The summed E-state index contributed by atoms with van der Waals surface area (Å²) in [4.78, 5) is 32.7. The number of hydrogen-bond donors (Lipinski definition) is 0. The maximum absolute atomic E-state index is 12.6. The van der Waals surface area contributed by atoms with E-state index < -0.39 is 11.6 Å². The molecule has 0 aliphatic carbocycles. The Morgan fingerprint density at radius 2 is 1.96 bits per heavy atom. The third-order valence-corrected chi connectivity index (χ3v) is 5.27. The van der Waals surface area contributed by atoms with E-state index in [9.17, 15) is 9.59 Å². The minimum atomic E-state index is -0.515. The summed E-state index contributed by atoms with van der Waals surface area (Å²) in [6.07, 6.45) is 0.557. The van der Waals surface area contributed by atoms with Crippen LogP contribution in [0, 0.1) is 3.70 Å². The summed E-state index contributed by atoms with van der Waals surface area (Å²) in [6.45, 7) is 11.0. The first-order valence-corrected chi connectivity index (χ1v) is 10.2. The number of anilines is 1. The molecule has 0 aromatic carbocycles. The molecule has 0 spiro atoms. The van der Waals surface area contributed by atoms with E-state index in [1.54, 1.807) is 6.07 Å². The van der Waals surface area contributed by atoms with E-state index in [1.807, 2.05) is 31.7 Å². The summed E-state index contributed by atoms with van der Waals surface area (Å²) in [5, 5.41) is 0. The Hall–Kier alpha value is -1.58. The summed E-state index contributed by atoms with van der Waals surface area (Å²) in [5.41, 5.74) is 0.731. The van der Waals surface area contributed by atoms with Crippen molar-refractivity contribution < 1.29 is 19.1 Å². The number of ether oxygens (including phenoxy) is 2. The Balaban J connectivity index is 2.22. The van der Waals surface area contributed by atoms with Crippen molar-refractivity contribution in [3.63, 3.8) is 0 Å². The molecule has 1 aromatic rings. The molecule has 1 fully saturated rings. The van der Waals surface area contributed by atoms with Gasteiger partial charge in [0.25, 0.3) is 0 Å². The summed E-state index contributed by atoms with van der Waals surface area (Å²) in [6, 6.07) is 3.72. The van der Waals surface area contributed by atoms with Crippen LogP contribution in [0.2, 0.25) is 0 Å². The molecule has 150 valence electrons. The third kappa shape index (κ3) is 5.24. The highest BCUT2D eigenvalue weighted by Gasteiger charge is 2.36. The smallest absolute Gasteiger partial charge is 0.410 e. The van der Waals surface area contributed by atoms with Crippen LogP contribution < -0.4 is 4.90 Å². The first-order chi connectivity index (χ1) is 12.6. The number of nitrogens with zero attached hydrogens (tertiary/aromatic N) is 3. The molecule has 27 heavy (non-hydrogen) atoms. The molecule has 1 aliphatic rings. The molecule has 0 saturated carbocycles. The van der Waals surface area contributed by atoms with E-state index in [4.69, 9.17) is 9.47 Å². The Labute approximate surface area is 174 Å². The number of piperazine rings is 1. The topological polar surface area (TPSA) is 72.0 Å². The average molecular weight is 489 g/mol. The average Bonchev–Trinajstić information content (AvgIpc) is 2.59. The highest BCUT2D eigenvalue weighted by Crippen LogP contribution is 2.29. The number of pyridine rings is 1. The Morgan fingerprint density at radius 3 is 2.48 bits per heavy atom. The number of hydrogen-bond acceptors (Lipinski definition) is 6. The SMILES string of the molecule is CC[C@@H]1CN(c2ccc(C(=O)OC)nc2I)[C@H](C)CN1C(=O)OC(C)(C)C. The van der Waals surface area contributed by atoms with Crippen molar-refractivity contribution in [3.05, 3.63) is 21.5 Å². The molecule has 2 heterocycles. The van der Waals surface area contributed by atoms with Gasteiger partial charge >= 0.3 is 12.1 Å². The van der Waals surface area contributed by atoms with Gasteiger partial charge in [-0.1, -0.05) is 6.92 Å². The molecule has 2 rings (SSSR count). The lowest BCUT2D eigenvalue weighted by atomic mass is 10.0. The van der Waals surface area contributed by atoms with Crippen molar-refractivity contribution in [3.8, 4) is 0 Å². The van der Waals surface area contributed by atoms with Gasteiger partial charge in [-0.05, 0) is 68.8 Å². The van der Waals surface area contributed by atoms with Crippen LogP contribution in [0.4, 0.5) is 10.5 Å². The molecule has 0 N–H and O–H groups in total. The van der Waals surface area contributed by atoms with E-state index in [2.05, 4.69) is 46.3 Å².